The number of carbonyl (C=O) groups is 1. The molecule has 1 amide bonds. The number of fused-ring (bicyclic) bond motifs is 1. The van der Waals surface area contributed by atoms with Gasteiger partial charge in [-0.15, -0.1) is 0 Å². The molecule has 2 aromatic carbocycles. The monoisotopic (exact) mass is 517 g/mol. The quantitative estimate of drug-likeness (QED) is 0.481. The highest BCUT2D eigenvalue weighted by molar-refractivity contribution is 6.03. The highest BCUT2D eigenvalue weighted by Crippen LogP contribution is 2.41. The molecule has 0 aliphatic carbocycles. The average molecular weight is 518 g/mol. The molecule has 0 radical (unpaired) electrons. The second-order valence-electron chi connectivity index (χ2n) is 9.61. The molecule has 9 nitrogen and oxygen atoms in total. The van der Waals surface area contributed by atoms with Crippen LogP contribution in [0.25, 0.3) is 11.8 Å². The van der Waals surface area contributed by atoms with Crippen LogP contribution in [0.1, 0.15) is 29.7 Å². The Labute approximate surface area is 219 Å². The van der Waals surface area contributed by atoms with Crippen molar-refractivity contribution in [3.8, 4) is 11.4 Å². The zero-order valence-corrected chi connectivity index (χ0v) is 21.3. The van der Waals surface area contributed by atoms with Gasteiger partial charge in [-0.3, -0.25) is 4.90 Å². The number of amides is 1. The van der Waals surface area contributed by atoms with Crippen LogP contribution < -0.4 is 4.74 Å². The molecular formula is C28H28FN5O4. The highest BCUT2D eigenvalue weighted by Gasteiger charge is 2.52. The van der Waals surface area contributed by atoms with Crippen LogP contribution in [0.5, 0.6) is 5.75 Å². The van der Waals surface area contributed by atoms with Crippen molar-refractivity contribution in [3.63, 3.8) is 0 Å². The number of imidazole rings is 1. The van der Waals surface area contributed by atoms with E-state index < -0.39 is 11.8 Å². The van der Waals surface area contributed by atoms with Crippen molar-refractivity contribution in [2.75, 3.05) is 33.4 Å². The van der Waals surface area contributed by atoms with E-state index in [1.165, 1.54) is 12.1 Å². The van der Waals surface area contributed by atoms with Crippen molar-refractivity contribution < 1.29 is 23.5 Å². The molecule has 3 aliphatic heterocycles. The summed E-state index contributed by atoms with van der Waals surface area (Å²) < 4.78 is 26.6. The minimum absolute atomic E-state index is 0.213. The number of aromatic nitrogens is 2. The summed E-state index contributed by atoms with van der Waals surface area (Å²) in [4.78, 5) is 26.5. The lowest BCUT2D eigenvalue weighted by atomic mass is 9.94. The fraction of sp³-hybridized carbons (Fsp3) is 0.321. The van der Waals surface area contributed by atoms with Gasteiger partial charge in [0.05, 0.1) is 37.9 Å². The summed E-state index contributed by atoms with van der Waals surface area (Å²) in [6.07, 6.45) is 7.09. The minimum atomic E-state index is -1.08. The number of hydrogen-bond donors (Lipinski definition) is 0. The third kappa shape index (κ3) is 4.15. The van der Waals surface area contributed by atoms with Crippen molar-refractivity contribution in [1.29, 1.82) is 0 Å². The maximum absolute atomic E-state index is 13.8. The van der Waals surface area contributed by atoms with Crippen LogP contribution in [0, 0.1) is 12.7 Å². The van der Waals surface area contributed by atoms with Gasteiger partial charge in [-0.25, -0.2) is 14.2 Å². The van der Waals surface area contributed by atoms with E-state index in [2.05, 4.69) is 21.1 Å². The molecule has 196 valence electrons. The van der Waals surface area contributed by atoms with Crippen LogP contribution in [-0.4, -0.2) is 64.6 Å². The number of benzene rings is 2. The molecule has 10 heteroatoms. The van der Waals surface area contributed by atoms with E-state index in [9.17, 15) is 9.18 Å². The Balaban J connectivity index is 1.34. The normalized spacial score (nSPS) is 21.8. The number of rotatable bonds is 6. The number of aryl methyl sites for hydroxylation is 1. The van der Waals surface area contributed by atoms with E-state index in [0.717, 1.165) is 46.7 Å². The Kier molecular flexibility index (Phi) is 6.01. The van der Waals surface area contributed by atoms with Crippen molar-refractivity contribution in [2.45, 2.75) is 25.5 Å². The number of carbonyl (C=O) groups excluding carboxylic acids is 1. The molecule has 0 unspecified atom stereocenters. The van der Waals surface area contributed by atoms with Crippen LogP contribution in [0.15, 0.2) is 65.7 Å². The number of nitrogens with zero attached hydrogens (tertiary/aromatic N) is 5. The number of ether oxygens (including phenoxy) is 2. The molecule has 0 N–H and O–H groups in total. The smallest absolute Gasteiger partial charge is 0.410 e. The third-order valence-corrected chi connectivity index (χ3v) is 7.17. The predicted molar refractivity (Wildman–Crippen MR) is 138 cm³/mol. The van der Waals surface area contributed by atoms with Crippen molar-refractivity contribution >= 4 is 18.0 Å². The zero-order chi connectivity index (χ0) is 26.3. The van der Waals surface area contributed by atoms with Crippen LogP contribution in [-0.2, 0) is 15.3 Å². The van der Waals surface area contributed by atoms with Crippen LogP contribution in [0.3, 0.4) is 0 Å². The second-order valence-corrected chi connectivity index (χ2v) is 9.61. The predicted octanol–water partition coefficient (Wildman–Crippen LogP) is 4.46. The molecule has 6 rings (SSSR count). The van der Waals surface area contributed by atoms with Gasteiger partial charge in [0.1, 0.15) is 18.2 Å². The number of oxime groups is 1. The molecule has 0 bridgehead atoms. The van der Waals surface area contributed by atoms with Gasteiger partial charge < -0.3 is 23.8 Å². The maximum atomic E-state index is 13.8. The molecule has 38 heavy (non-hydrogen) atoms. The number of cyclic esters (lactones) is 1. The molecule has 1 atom stereocenters. The first-order valence-corrected chi connectivity index (χ1v) is 12.6. The number of methoxy groups -OCH3 is 1. The summed E-state index contributed by atoms with van der Waals surface area (Å²) in [5, 5.41) is 4.52. The largest absolute Gasteiger partial charge is 0.495 e. The zero-order valence-electron chi connectivity index (χ0n) is 21.3. The third-order valence-electron chi connectivity index (χ3n) is 7.17. The van der Waals surface area contributed by atoms with E-state index in [1.54, 1.807) is 30.5 Å². The molecule has 3 aromatic rings. The molecule has 4 heterocycles. The average Bonchev–Trinajstić information content (AvgIpc) is 3.64. The summed E-state index contributed by atoms with van der Waals surface area (Å²) in [5.74, 6) is 1.09. The Bertz CT molecular complexity index is 1430. The molecular weight excluding hydrogens is 489 g/mol. The molecule has 2 saturated heterocycles. The van der Waals surface area contributed by atoms with E-state index in [0.29, 0.717) is 25.5 Å². The molecule has 2 fully saturated rings. The van der Waals surface area contributed by atoms with Crippen LogP contribution in [0.4, 0.5) is 9.18 Å². The fourth-order valence-corrected chi connectivity index (χ4v) is 5.29. The molecule has 0 spiro atoms. The Morgan fingerprint density at radius 2 is 2.03 bits per heavy atom. The van der Waals surface area contributed by atoms with Gasteiger partial charge in [0.15, 0.2) is 5.84 Å². The fourth-order valence-electron chi connectivity index (χ4n) is 5.29. The summed E-state index contributed by atoms with van der Waals surface area (Å²) >= 11 is 0. The molecule has 3 aliphatic rings. The summed E-state index contributed by atoms with van der Waals surface area (Å²) in [6, 6.07) is 12.2. The summed E-state index contributed by atoms with van der Waals surface area (Å²) in [6.45, 7) is 3.62. The van der Waals surface area contributed by atoms with Gasteiger partial charge in [0, 0.05) is 18.3 Å². The van der Waals surface area contributed by atoms with Gasteiger partial charge in [-0.1, -0.05) is 11.2 Å². The lowest BCUT2D eigenvalue weighted by Crippen LogP contribution is -2.55. The molecule has 0 saturated carbocycles. The van der Waals surface area contributed by atoms with Gasteiger partial charge >= 0.3 is 6.09 Å². The number of piperidine rings is 1. The lowest BCUT2D eigenvalue weighted by Gasteiger charge is -2.41. The summed E-state index contributed by atoms with van der Waals surface area (Å²) in [5.41, 5.74) is 3.44. The van der Waals surface area contributed by atoms with Crippen LogP contribution in [0.2, 0.25) is 0 Å². The number of amidine groups is 1. The number of halogens is 1. The Hall–Kier alpha value is -4.34. The van der Waals surface area contributed by atoms with E-state index in [1.807, 2.05) is 35.9 Å². The Morgan fingerprint density at radius 3 is 2.74 bits per heavy atom. The minimum Gasteiger partial charge on any atom is -0.495 e. The van der Waals surface area contributed by atoms with Gasteiger partial charge in [0.2, 0.25) is 0 Å². The lowest BCUT2D eigenvalue weighted by molar-refractivity contribution is -0.117. The molecule has 1 aromatic heterocycles. The van der Waals surface area contributed by atoms with Gasteiger partial charge in [0.25, 0.3) is 5.72 Å². The first kappa shape index (κ1) is 24.0. The van der Waals surface area contributed by atoms with E-state index >= 15 is 0 Å². The van der Waals surface area contributed by atoms with E-state index in [-0.39, 0.29) is 12.4 Å². The maximum Gasteiger partial charge on any atom is 0.410 e. The standard InChI is InChI=1S/C28H28FN5O4/c1-19-16-33(18-30-19)24-10-5-20(15-25(24)36-2)14-21-4-3-11-34-26(21)31-38-28(34,17-32-12-13-37-27(32)35)22-6-8-23(29)9-7-22/h5-10,14-16,18H,3-4,11-13,17H2,1-2H3/t28-/m1/s1. The van der Waals surface area contributed by atoms with Crippen molar-refractivity contribution in [1.82, 2.24) is 19.4 Å². The Morgan fingerprint density at radius 1 is 1.18 bits per heavy atom. The second kappa shape index (κ2) is 9.51. The van der Waals surface area contributed by atoms with Gasteiger partial charge in [-0.2, -0.15) is 0 Å². The van der Waals surface area contributed by atoms with E-state index in [4.69, 9.17) is 14.3 Å². The van der Waals surface area contributed by atoms with Crippen molar-refractivity contribution in [3.05, 3.63) is 83.2 Å². The van der Waals surface area contributed by atoms with Crippen molar-refractivity contribution in [2.24, 2.45) is 5.16 Å². The SMILES string of the molecule is COc1cc(C=C2CCCN3C2=NO[C@]3(CN2CCOC2=O)c2ccc(F)cc2)ccc1-n1cnc(C)c1. The first-order chi connectivity index (χ1) is 18.5. The summed E-state index contributed by atoms with van der Waals surface area (Å²) in [7, 11) is 1.65. The highest BCUT2D eigenvalue weighted by atomic mass is 19.1. The van der Waals surface area contributed by atoms with Gasteiger partial charge in [-0.05, 0) is 73.4 Å². The topological polar surface area (TPSA) is 81.4 Å². The number of hydrogen-bond acceptors (Lipinski definition) is 7. The first-order valence-electron chi connectivity index (χ1n) is 12.6. The van der Waals surface area contributed by atoms with Crippen LogP contribution >= 0.6 is 0 Å².